The van der Waals surface area contributed by atoms with Crippen LogP contribution in [0, 0.1) is 17.0 Å². The fourth-order valence-corrected chi connectivity index (χ4v) is 3.16. The summed E-state index contributed by atoms with van der Waals surface area (Å²) in [6.45, 7) is 3.09. The third-order valence-electron chi connectivity index (χ3n) is 3.21. The van der Waals surface area contributed by atoms with Gasteiger partial charge in [-0.3, -0.25) is 15.4 Å². The van der Waals surface area contributed by atoms with Gasteiger partial charge in [0.15, 0.2) is 0 Å². The van der Waals surface area contributed by atoms with Gasteiger partial charge in [0.1, 0.15) is 4.90 Å². The minimum absolute atomic E-state index is 0.0477. The van der Waals surface area contributed by atoms with Crippen LogP contribution in [0.5, 0.6) is 0 Å². The summed E-state index contributed by atoms with van der Waals surface area (Å²) in [4.78, 5) is 41.0. The smallest absolute Gasteiger partial charge is 0.339 e. The van der Waals surface area contributed by atoms with E-state index in [1.54, 1.807) is 17.7 Å². The van der Waals surface area contributed by atoms with Crippen LogP contribution in [0.15, 0.2) is 35.4 Å². The first-order valence-corrected chi connectivity index (χ1v) is 9.21. The Bertz CT molecular complexity index is 1040. The van der Waals surface area contributed by atoms with Crippen LogP contribution in [0.4, 0.5) is 16.4 Å². The first kappa shape index (κ1) is 20.7. The van der Waals surface area contributed by atoms with Crippen LogP contribution in [0.3, 0.4) is 0 Å². The number of hydrogen-bond acceptors (Lipinski definition) is 9. The second-order valence-corrected chi connectivity index (χ2v) is 6.89. The van der Waals surface area contributed by atoms with E-state index in [1.165, 1.54) is 13.1 Å². The average Bonchev–Trinajstić information content (AvgIpc) is 2.60. The molecule has 0 spiro atoms. The molecule has 12 nitrogen and oxygen atoms in total. The van der Waals surface area contributed by atoms with E-state index in [2.05, 4.69) is 15.3 Å². The molecular formula is C15H15N5O7S. The van der Waals surface area contributed by atoms with E-state index in [9.17, 15) is 28.1 Å². The SMILES string of the molecule is CCOC(=O)c1ccc([N+](=O)[O-])cc1S(=O)(=O)NC(=O)Nc1nccc(C)n1. The molecule has 0 aliphatic heterocycles. The summed E-state index contributed by atoms with van der Waals surface area (Å²) >= 11 is 0. The van der Waals surface area contributed by atoms with Crippen LogP contribution < -0.4 is 10.0 Å². The molecule has 0 unspecified atom stereocenters. The number of aromatic nitrogens is 2. The number of ether oxygens (including phenoxy) is 1. The zero-order valence-electron chi connectivity index (χ0n) is 14.7. The lowest BCUT2D eigenvalue weighted by Crippen LogP contribution is -2.35. The number of nitrogens with one attached hydrogen (secondary N) is 2. The van der Waals surface area contributed by atoms with Crippen molar-refractivity contribution < 1.29 is 27.7 Å². The Hall–Kier alpha value is -3.61. The molecule has 2 N–H and O–H groups in total. The first-order chi connectivity index (χ1) is 13.1. The number of rotatable bonds is 6. The van der Waals surface area contributed by atoms with E-state index < -0.39 is 43.1 Å². The lowest BCUT2D eigenvalue weighted by atomic mass is 10.2. The number of nitrogens with zero attached hydrogens (tertiary/aromatic N) is 3. The van der Waals surface area contributed by atoms with Crippen LogP contribution >= 0.6 is 0 Å². The van der Waals surface area contributed by atoms with Gasteiger partial charge in [-0.1, -0.05) is 0 Å². The van der Waals surface area contributed by atoms with Gasteiger partial charge in [0.25, 0.3) is 15.7 Å². The van der Waals surface area contributed by atoms with E-state index in [4.69, 9.17) is 4.74 Å². The van der Waals surface area contributed by atoms with Crippen molar-refractivity contribution in [3.8, 4) is 0 Å². The number of hydrogen-bond donors (Lipinski definition) is 2. The van der Waals surface area contributed by atoms with Gasteiger partial charge in [-0.15, -0.1) is 0 Å². The number of benzene rings is 1. The van der Waals surface area contributed by atoms with Gasteiger partial charge < -0.3 is 4.74 Å². The van der Waals surface area contributed by atoms with Crippen LogP contribution in [-0.2, 0) is 14.8 Å². The number of nitro groups is 1. The highest BCUT2D eigenvalue weighted by Gasteiger charge is 2.28. The number of nitro benzene ring substituents is 1. The lowest BCUT2D eigenvalue weighted by molar-refractivity contribution is -0.385. The van der Waals surface area contributed by atoms with E-state index in [1.807, 2.05) is 0 Å². The summed E-state index contributed by atoms with van der Waals surface area (Å²) in [5.41, 5.74) is -0.521. The Balaban J connectivity index is 2.36. The number of esters is 1. The number of carbonyl (C=O) groups is 2. The maximum atomic E-state index is 12.6. The Morgan fingerprint density at radius 1 is 1.29 bits per heavy atom. The quantitative estimate of drug-likeness (QED) is 0.406. The summed E-state index contributed by atoms with van der Waals surface area (Å²) < 4.78 is 31.5. The number of non-ortho nitro benzene ring substituents is 1. The topological polar surface area (TPSA) is 170 Å². The molecule has 2 aromatic rings. The maximum Gasteiger partial charge on any atom is 0.339 e. The standard InChI is InChI=1S/C15H15N5O7S/c1-3-27-13(21)11-5-4-10(20(23)24)8-12(11)28(25,26)19-15(22)18-14-16-7-6-9(2)17-14/h4-8H,3H2,1-2H3,(H2,16,17,18,19,22). The van der Waals surface area contributed by atoms with Gasteiger partial charge in [-0.2, -0.15) is 0 Å². The van der Waals surface area contributed by atoms with Gasteiger partial charge in [-0.05, 0) is 26.0 Å². The van der Waals surface area contributed by atoms with Crippen molar-refractivity contribution >= 4 is 33.7 Å². The van der Waals surface area contributed by atoms with Crippen LogP contribution in [0.2, 0.25) is 0 Å². The van der Waals surface area contributed by atoms with Gasteiger partial charge >= 0.3 is 12.0 Å². The highest BCUT2D eigenvalue weighted by atomic mass is 32.2. The second kappa shape index (κ2) is 8.39. The predicted octanol–water partition coefficient (Wildman–Crippen LogP) is 1.38. The van der Waals surface area contributed by atoms with E-state index in [-0.39, 0.29) is 12.6 Å². The zero-order chi connectivity index (χ0) is 20.9. The Kier molecular flexibility index (Phi) is 6.20. The molecule has 0 bridgehead atoms. The van der Waals surface area contributed by atoms with Crippen molar-refractivity contribution in [3.05, 3.63) is 51.8 Å². The van der Waals surface area contributed by atoms with Crippen molar-refractivity contribution in [1.29, 1.82) is 0 Å². The van der Waals surface area contributed by atoms with Crippen molar-refractivity contribution in [2.45, 2.75) is 18.7 Å². The second-order valence-electron chi connectivity index (χ2n) is 5.24. The Labute approximate surface area is 159 Å². The molecule has 0 atom stereocenters. The predicted molar refractivity (Wildman–Crippen MR) is 95.2 cm³/mol. The number of urea groups is 1. The third-order valence-corrected chi connectivity index (χ3v) is 4.58. The Morgan fingerprint density at radius 3 is 2.61 bits per heavy atom. The number of carbonyl (C=O) groups excluding carboxylic acids is 2. The molecule has 148 valence electrons. The normalized spacial score (nSPS) is 10.8. The fraction of sp³-hybridized carbons (Fsp3) is 0.200. The highest BCUT2D eigenvalue weighted by Crippen LogP contribution is 2.23. The number of aryl methyl sites for hydroxylation is 1. The maximum absolute atomic E-state index is 12.6. The van der Waals surface area contributed by atoms with Gasteiger partial charge in [0, 0.05) is 24.0 Å². The monoisotopic (exact) mass is 409 g/mol. The molecule has 0 saturated carbocycles. The minimum atomic E-state index is -4.66. The summed E-state index contributed by atoms with van der Waals surface area (Å²) in [5.74, 6) is -1.17. The number of amides is 2. The molecule has 0 aliphatic carbocycles. The summed E-state index contributed by atoms with van der Waals surface area (Å²) in [5, 5.41) is 13.1. The lowest BCUT2D eigenvalue weighted by Gasteiger charge is -2.11. The van der Waals surface area contributed by atoms with Gasteiger partial charge in [0.2, 0.25) is 5.95 Å². The molecule has 0 aliphatic rings. The average molecular weight is 409 g/mol. The zero-order valence-corrected chi connectivity index (χ0v) is 15.5. The third kappa shape index (κ3) is 4.97. The molecular weight excluding hydrogens is 394 g/mol. The van der Waals surface area contributed by atoms with Crippen molar-refractivity contribution in [2.75, 3.05) is 11.9 Å². The molecule has 1 aromatic carbocycles. The molecule has 0 saturated heterocycles. The summed E-state index contributed by atoms with van der Waals surface area (Å²) in [6.07, 6.45) is 1.35. The minimum Gasteiger partial charge on any atom is -0.462 e. The van der Waals surface area contributed by atoms with Crippen molar-refractivity contribution in [1.82, 2.24) is 14.7 Å². The van der Waals surface area contributed by atoms with Gasteiger partial charge in [0.05, 0.1) is 17.1 Å². The highest BCUT2D eigenvalue weighted by molar-refractivity contribution is 7.90. The molecule has 0 radical (unpaired) electrons. The number of sulfonamides is 1. The number of anilines is 1. The summed E-state index contributed by atoms with van der Waals surface area (Å²) in [7, 11) is -4.66. The van der Waals surface area contributed by atoms with Crippen LogP contribution in [0.25, 0.3) is 0 Å². The summed E-state index contributed by atoms with van der Waals surface area (Å²) in [6, 6.07) is 2.89. The van der Waals surface area contributed by atoms with Crippen molar-refractivity contribution in [3.63, 3.8) is 0 Å². The van der Waals surface area contributed by atoms with E-state index >= 15 is 0 Å². The largest absolute Gasteiger partial charge is 0.462 e. The van der Waals surface area contributed by atoms with Gasteiger partial charge in [-0.25, -0.2) is 32.7 Å². The molecule has 0 fully saturated rings. The fourth-order valence-electron chi connectivity index (χ4n) is 2.04. The molecule has 28 heavy (non-hydrogen) atoms. The molecule has 1 heterocycles. The first-order valence-electron chi connectivity index (χ1n) is 7.73. The van der Waals surface area contributed by atoms with E-state index in [0.29, 0.717) is 11.8 Å². The Morgan fingerprint density at radius 2 is 2.00 bits per heavy atom. The molecule has 13 heteroatoms. The van der Waals surface area contributed by atoms with Crippen LogP contribution in [-0.4, -0.2) is 41.9 Å². The molecule has 2 amide bonds. The van der Waals surface area contributed by atoms with Crippen LogP contribution in [0.1, 0.15) is 23.0 Å². The molecule has 2 rings (SSSR count). The van der Waals surface area contributed by atoms with Crippen molar-refractivity contribution in [2.24, 2.45) is 0 Å². The van der Waals surface area contributed by atoms with E-state index in [0.717, 1.165) is 12.1 Å². The molecule has 1 aromatic heterocycles.